The number of aromatic nitrogens is 1. The highest BCUT2D eigenvalue weighted by Crippen LogP contribution is 2.29. The Kier molecular flexibility index (Phi) is 7.92. The van der Waals surface area contributed by atoms with E-state index in [1.54, 1.807) is 23.2 Å². The third-order valence-corrected chi connectivity index (χ3v) is 5.30. The van der Waals surface area contributed by atoms with Gasteiger partial charge in [0.1, 0.15) is 6.10 Å². The summed E-state index contributed by atoms with van der Waals surface area (Å²) in [6.45, 7) is 1.14. The fraction of sp³-hybridized carbons (Fsp3) is 0.455. The van der Waals surface area contributed by atoms with Gasteiger partial charge < -0.3 is 24.8 Å². The van der Waals surface area contributed by atoms with E-state index in [1.165, 1.54) is 19.2 Å². The van der Waals surface area contributed by atoms with Crippen molar-refractivity contribution in [2.24, 2.45) is 5.92 Å². The number of carbonyl (C=O) groups is 1. The fourth-order valence-corrected chi connectivity index (χ4v) is 3.48. The summed E-state index contributed by atoms with van der Waals surface area (Å²) in [6.07, 6.45) is -2.74. The van der Waals surface area contributed by atoms with Crippen LogP contribution < -0.4 is 10.1 Å². The molecule has 2 unspecified atom stereocenters. The van der Waals surface area contributed by atoms with Crippen LogP contribution in [0.2, 0.25) is 0 Å². The molecule has 0 aliphatic carbocycles. The number of benzene rings is 1. The van der Waals surface area contributed by atoms with E-state index in [2.05, 4.69) is 10.3 Å². The summed E-state index contributed by atoms with van der Waals surface area (Å²) in [5, 5.41) is 12.5. The molecule has 174 valence electrons. The number of pyridine rings is 1. The van der Waals surface area contributed by atoms with Gasteiger partial charge in [-0.05, 0) is 35.7 Å². The lowest BCUT2D eigenvalue weighted by Gasteiger charge is -2.33. The smallest absolute Gasteiger partial charge is 0.416 e. The highest BCUT2D eigenvalue weighted by molar-refractivity contribution is 5.74. The standard InChI is InChI=1S/C22H26F3N3O4/c1-31-20-11-17(6-7-26-20)19-13-28(8-9-32-19)21(30)27-12-16(14-29)10-15-2-4-18(5-3-15)22(23,24)25/h2-7,11,16,19,29H,8-10,12-14H2,1H3,(H,27,30). The molecule has 32 heavy (non-hydrogen) atoms. The number of methoxy groups -OCH3 is 1. The van der Waals surface area contributed by atoms with Gasteiger partial charge in [0.25, 0.3) is 0 Å². The Morgan fingerprint density at radius 1 is 1.34 bits per heavy atom. The van der Waals surface area contributed by atoms with E-state index in [0.717, 1.165) is 17.7 Å². The minimum absolute atomic E-state index is 0.196. The number of aliphatic hydroxyl groups is 1. The summed E-state index contributed by atoms with van der Waals surface area (Å²) >= 11 is 0. The molecule has 1 saturated heterocycles. The number of urea groups is 1. The van der Waals surface area contributed by atoms with Crippen molar-refractivity contribution in [1.82, 2.24) is 15.2 Å². The lowest BCUT2D eigenvalue weighted by Crippen LogP contribution is -2.48. The zero-order chi connectivity index (χ0) is 23.1. The monoisotopic (exact) mass is 453 g/mol. The summed E-state index contributed by atoms with van der Waals surface area (Å²) in [4.78, 5) is 18.3. The molecule has 10 heteroatoms. The number of ether oxygens (including phenoxy) is 2. The van der Waals surface area contributed by atoms with Crippen LogP contribution >= 0.6 is 0 Å². The van der Waals surface area contributed by atoms with Crippen molar-refractivity contribution < 1.29 is 32.5 Å². The van der Waals surface area contributed by atoms with Crippen molar-refractivity contribution in [1.29, 1.82) is 0 Å². The number of nitrogens with zero attached hydrogens (tertiary/aromatic N) is 2. The number of morpholine rings is 1. The highest BCUT2D eigenvalue weighted by atomic mass is 19.4. The lowest BCUT2D eigenvalue weighted by molar-refractivity contribution is -0.137. The van der Waals surface area contributed by atoms with Crippen LogP contribution in [-0.4, -0.2) is 61.0 Å². The molecule has 0 saturated carbocycles. The number of carbonyl (C=O) groups excluding carboxylic acids is 1. The summed E-state index contributed by atoms with van der Waals surface area (Å²) < 4.78 is 49.0. The lowest BCUT2D eigenvalue weighted by atomic mass is 9.99. The molecular formula is C22H26F3N3O4. The normalized spacial score (nSPS) is 17.7. The molecule has 1 aliphatic heterocycles. The first-order valence-electron chi connectivity index (χ1n) is 10.2. The number of aliphatic hydroxyl groups excluding tert-OH is 1. The van der Waals surface area contributed by atoms with Gasteiger partial charge in [0.05, 0.1) is 25.8 Å². The van der Waals surface area contributed by atoms with Crippen molar-refractivity contribution in [3.8, 4) is 5.88 Å². The van der Waals surface area contributed by atoms with Gasteiger partial charge in [-0.1, -0.05) is 12.1 Å². The van der Waals surface area contributed by atoms with E-state index in [-0.39, 0.29) is 31.2 Å². The molecule has 0 spiro atoms. The first-order valence-corrected chi connectivity index (χ1v) is 10.2. The minimum atomic E-state index is -4.39. The number of amides is 2. The molecule has 2 aromatic rings. The van der Waals surface area contributed by atoms with E-state index < -0.39 is 11.7 Å². The van der Waals surface area contributed by atoms with Crippen LogP contribution in [-0.2, 0) is 17.3 Å². The van der Waals surface area contributed by atoms with Crippen molar-refractivity contribution in [2.45, 2.75) is 18.7 Å². The van der Waals surface area contributed by atoms with Crippen LogP contribution in [0.5, 0.6) is 5.88 Å². The maximum absolute atomic E-state index is 12.7. The topological polar surface area (TPSA) is 83.9 Å². The van der Waals surface area contributed by atoms with Gasteiger partial charge >= 0.3 is 12.2 Å². The molecule has 2 N–H and O–H groups in total. The van der Waals surface area contributed by atoms with Crippen molar-refractivity contribution >= 4 is 6.03 Å². The second-order valence-electron chi connectivity index (χ2n) is 7.57. The van der Waals surface area contributed by atoms with E-state index >= 15 is 0 Å². The molecule has 2 amide bonds. The van der Waals surface area contributed by atoms with Crippen molar-refractivity contribution in [3.63, 3.8) is 0 Å². The Morgan fingerprint density at radius 2 is 2.09 bits per heavy atom. The van der Waals surface area contributed by atoms with Crippen LogP contribution in [0.3, 0.4) is 0 Å². The Labute approximate surface area is 184 Å². The van der Waals surface area contributed by atoms with Crippen molar-refractivity contribution in [3.05, 3.63) is 59.3 Å². The van der Waals surface area contributed by atoms with Crippen molar-refractivity contribution in [2.75, 3.05) is 40.0 Å². The Bertz CT molecular complexity index is 893. The van der Waals surface area contributed by atoms with Crippen LogP contribution in [0.15, 0.2) is 42.6 Å². The summed E-state index contributed by atoms with van der Waals surface area (Å²) in [6, 6.07) is 8.10. The predicted molar refractivity (Wildman–Crippen MR) is 110 cm³/mol. The Morgan fingerprint density at radius 3 is 2.75 bits per heavy atom. The number of hydrogen-bond acceptors (Lipinski definition) is 5. The number of rotatable bonds is 7. The molecule has 2 heterocycles. The molecule has 7 nitrogen and oxygen atoms in total. The van der Waals surface area contributed by atoms with Gasteiger partial charge in [-0.3, -0.25) is 0 Å². The average Bonchev–Trinajstić information content (AvgIpc) is 2.81. The molecular weight excluding hydrogens is 427 g/mol. The average molecular weight is 453 g/mol. The Balaban J connectivity index is 1.53. The van der Waals surface area contributed by atoms with Gasteiger partial charge in [0.2, 0.25) is 5.88 Å². The fourth-order valence-electron chi connectivity index (χ4n) is 3.48. The second kappa shape index (κ2) is 10.6. The SMILES string of the molecule is COc1cc(C2CN(C(=O)NCC(CO)Cc3ccc(C(F)(F)F)cc3)CCO2)ccn1. The minimum Gasteiger partial charge on any atom is -0.481 e. The summed E-state index contributed by atoms with van der Waals surface area (Å²) in [5.74, 6) is 0.138. The number of halogens is 3. The first-order chi connectivity index (χ1) is 15.3. The highest BCUT2D eigenvalue weighted by Gasteiger charge is 2.30. The van der Waals surface area contributed by atoms with E-state index in [4.69, 9.17) is 9.47 Å². The largest absolute Gasteiger partial charge is 0.481 e. The zero-order valence-electron chi connectivity index (χ0n) is 17.6. The maximum Gasteiger partial charge on any atom is 0.416 e. The molecule has 1 aromatic carbocycles. The first kappa shape index (κ1) is 23.8. The quantitative estimate of drug-likeness (QED) is 0.673. The molecule has 0 bridgehead atoms. The zero-order valence-corrected chi connectivity index (χ0v) is 17.6. The molecule has 0 radical (unpaired) electrons. The molecule has 2 atom stereocenters. The van der Waals surface area contributed by atoms with E-state index in [9.17, 15) is 23.1 Å². The molecule has 1 aromatic heterocycles. The summed E-state index contributed by atoms with van der Waals surface area (Å²) in [7, 11) is 1.52. The predicted octanol–water partition coefficient (Wildman–Crippen LogP) is 3.04. The number of nitrogens with one attached hydrogen (secondary N) is 1. The third kappa shape index (κ3) is 6.33. The van der Waals surface area contributed by atoms with Crippen LogP contribution in [0, 0.1) is 5.92 Å². The van der Waals surface area contributed by atoms with E-state index in [1.807, 2.05) is 0 Å². The van der Waals surface area contributed by atoms with Gasteiger partial charge in [0, 0.05) is 37.9 Å². The van der Waals surface area contributed by atoms with Crippen LogP contribution in [0.25, 0.3) is 0 Å². The maximum atomic E-state index is 12.7. The number of alkyl halides is 3. The van der Waals surface area contributed by atoms with Crippen LogP contribution in [0.1, 0.15) is 22.8 Å². The van der Waals surface area contributed by atoms with Crippen LogP contribution in [0.4, 0.5) is 18.0 Å². The Hall–Kier alpha value is -2.85. The number of hydrogen-bond donors (Lipinski definition) is 2. The van der Waals surface area contributed by atoms with Gasteiger partial charge in [-0.15, -0.1) is 0 Å². The van der Waals surface area contributed by atoms with Gasteiger partial charge in [-0.2, -0.15) is 13.2 Å². The molecule has 1 aliphatic rings. The van der Waals surface area contributed by atoms with E-state index in [0.29, 0.717) is 37.6 Å². The summed E-state index contributed by atoms with van der Waals surface area (Å²) in [5.41, 5.74) is 0.790. The van der Waals surface area contributed by atoms with Gasteiger partial charge in [-0.25, -0.2) is 9.78 Å². The van der Waals surface area contributed by atoms with Gasteiger partial charge in [0.15, 0.2) is 0 Å². The molecule has 3 rings (SSSR count). The second-order valence-corrected chi connectivity index (χ2v) is 7.57. The third-order valence-electron chi connectivity index (χ3n) is 5.30. The molecule has 1 fully saturated rings.